The normalized spacial score (nSPS) is 12.0. The second kappa shape index (κ2) is 9.18. The highest BCUT2D eigenvalue weighted by Gasteiger charge is 2.22. The van der Waals surface area contributed by atoms with Gasteiger partial charge in [-0.1, -0.05) is 109 Å². The first-order valence-corrected chi connectivity index (χ1v) is 15.2. The Morgan fingerprint density at radius 2 is 0.844 bits per heavy atom. The molecule has 2 heterocycles. The average Bonchev–Trinajstić information content (AvgIpc) is 3.46. The second-order valence-corrected chi connectivity index (χ2v) is 11.6. The van der Waals surface area contributed by atoms with E-state index >= 15 is 0 Å². The molecule has 45 heavy (non-hydrogen) atoms. The van der Waals surface area contributed by atoms with E-state index in [0.717, 1.165) is 22.4 Å². The molecule has 4 nitrogen and oxygen atoms in total. The van der Waals surface area contributed by atoms with Gasteiger partial charge in [-0.3, -0.25) is 0 Å². The van der Waals surface area contributed by atoms with Crippen molar-refractivity contribution in [3.8, 4) is 39.9 Å². The van der Waals surface area contributed by atoms with Gasteiger partial charge in [-0.05, 0) is 63.3 Å². The number of hydrogen-bond acceptors (Lipinski definition) is 3. The lowest BCUT2D eigenvalue weighted by molar-refractivity contribution is 1.07. The summed E-state index contributed by atoms with van der Waals surface area (Å²) in [5.74, 6) is 1.98. The number of rotatable bonds is 4. The van der Waals surface area contributed by atoms with Gasteiger partial charge in [-0.15, -0.1) is 0 Å². The van der Waals surface area contributed by atoms with Crippen LogP contribution >= 0.6 is 0 Å². The molecule has 8 aromatic carbocycles. The van der Waals surface area contributed by atoms with Crippen LogP contribution in [0.15, 0.2) is 146 Å². The first-order valence-electron chi connectivity index (χ1n) is 15.2. The molecule has 0 saturated carbocycles. The van der Waals surface area contributed by atoms with Crippen molar-refractivity contribution in [2.24, 2.45) is 0 Å². The van der Waals surface area contributed by atoms with Crippen LogP contribution in [0.5, 0.6) is 0 Å². The van der Waals surface area contributed by atoms with E-state index in [1.54, 1.807) is 0 Å². The largest absolute Gasteiger partial charge is 0.309 e. The lowest BCUT2D eigenvalue weighted by Crippen LogP contribution is -2.00. The molecule has 0 aliphatic carbocycles. The molecule has 208 valence electrons. The summed E-state index contributed by atoms with van der Waals surface area (Å²) in [5, 5.41) is 10.6. The molecule has 0 bridgehead atoms. The van der Waals surface area contributed by atoms with E-state index in [9.17, 15) is 0 Å². The van der Waals surface area contributed by atoms with Crippen molar-refractivity contribution < 1.29 is 0 Å². The fraction of sp³-hybridized carbons (Fsp3) is 0. The molecular weight excluding hydrogens is 548 g/mol. The Morgan fingerprint density at radius 3 is 1.49 bits per heavy atom. The van der Waals surface area contributed by atoms with E-state index in [1.165, 1.54) is 54.1 Å². The van der Waals surface area contributed by atoms with E-state index in [-0.39, 0.29) is 0 Å². The summed E-state index contributed by atoms with van der Waals surface area (Å²) in [6, 6.07) is 51.3. The first-order chi connectivity index (χ1) is 22.3. The fourth-order valence-corrected chi connectivity index (χ4v) is 7.17. The molecule has 0 spiro atoms. The Hall–Kier alpha value is -6.13. The van der Waals surface area contributed by atoms with Crippen LogP contribution in [-0.2, 0) is 0 Å². The van der Waals surface area contributed by atoms with E-state index in [1.807, 2.05) is 60.7 Å². The third-order valence-corrected chi connectivity index (χ3v) is 9.15. The maximum Gasteiger partial charge on any atom is 0.164 e. The predicted molar refractivity (Wildman–Crippen MR) is 185 cm³/mol. The monoisotopic (exact) mass is 572 g/mol. The highest BCUT2D eigenvalue weighted by atomic mass is 15.0. The van der Waals surface area contributed by atoms with Crippen LogP contribution in [0.25, 0.3) is 94.0 Å². The van der Waals surface area contributed by atoms with Gasteiger partial charge in [0.1, 0.15) is 0 Å². The molecule has 0 unspecified atom stereocenters. The van der Waals surface area contributed by atoms with E-state index in [4.69, 9.17) is 15.0 Å². The quantitative estimate of drug-likeness (QED) is 0.156. The molecule has 0 aliphatic rings. The number of aromatic nitrogens is 4. The Kier molecular flexibility index (Phi) is 4.96. The van der Waals surface area contributed by atoms with Crippen LogP contribution < -0.4 is 0 Å². The highest BCUT2D eigenvalue weighted by molar-refractivity contribution is 6.40. The summed E-state index contributed by atoms with van der Waals surface area (Å²) in [7, 11) is 0. The zero-order chi connectivity index (χ0) is 29.5. The summed E-state index contributed by atoms with van der Waals surface area (Å²) in [6.45, 7) is 0. The lowest BCUT2D eigenvalue weighted by atomic mass is 9.89. The zero-order valence-corrected chi connectivity index (χ0v) is 24.1. The summed E-state index contributed by atoms with van der Waals surface area (Å²) in [4.78, 5) is 14.7. The molecule has 0 saturated heterocycles. The third kappa shape index (κ3) is 3.51. The van der Waals surface area contributed by atoms with Gasteiger partial charge in [0.25, 0.3) is 0 Å². The van der Waals surface area contributed by atoms with Crippen LogP contribution in [-0.4, -0.2) is 19.5 Å². The third-order valence-electron chi connectivity index (χ3n) is 9.15. The topological polar surface area (TPSA) is 43.6 Å². The molecule has 0 atom stereocenters. The van der Waals surface area contributed by atoms with Gasteiger partial charge in [0.15, 0.2) is 17.5 Å². The first kappa shape index (κ1) is 24.3. The molecule has 0 amide bonds. The van der Waals surface area contributed by atoms with Crippen molar-refractivity contribution in [2.45, 2.75) is 0 Å². The zero-order valence-electron chi connectivity index (χ0n) is 24.1. The highest BCUT2D eigenvalue weighted by Crippen LogP contribution is 2.46. The van der Waals surface area contributed by atoms with Crippen molar-refractivity contribution in [3.63, 3.8) is 0 Å². The fourth-order valence-electron chi connectivity index (χ4n) is 7.17. The van der Waals surface area contributed by atoms with Gasteiger partial charge < -0.3 is 4.57 Å². The number of fused-ring (bicyclic) bond motifs is 1. The van der Waals surface area contributed by atoms with Gasteiger partial charge in [-0.2, -0.15) is 0 Å². The minimum absolute atomic E-state index is 0.653. The SMILES string of the molecule is c1ccc(-c2nc(-c3ccccc3)nc(-c3ccc(-n4c5cccc6c7cccc8ccc9ccc4c(c9c87)c65)cc3)n2)cc1. The minimum atomic E-state index is 0.653. The van der Waals surface area contributed by atoms with Crippen molar-refractivity contribution in [2.75, 3.05) is 0 Å². The molecule has 0 fully saturated rings. The molecule has 10 rings (SSSR count). The van der Waals surface area contributed by atoms with Crippen molar-refractivity contribution in [1.82, 2.24) is 19.5 Å². The maximum absolute atomic E-state index is 4.94. The Bertz CT molecular complexity index is 2620. The van der Waals surface area contributed by atoms with Gasteiger partial charge >= 0.3 is 0 Å². The summed E-state index contributed by atoms with van der Waals surface area (Å²) >= 11 is 0. The van der Waals surface area contributed by atoms with Crippen LogP contribution in [0.1, 0.15) is 0 Å². The molecule has 0 radical (unpaired) electrons. The van der Waals surface area contributed by atoms with Gasteiger partial charge in [0.05, 0.1) is 11.0 Å². The molecule has 4 heteroatoms. The summed E-state index contributed by atoms with van der Waals surface area (Å²) in [5.41, 5.74) is 6.41. The standard InChI is InChI=1S/C41H24N4/c1-3-9-27(10-4-1)39-42-40(28-11-5-2-6-12-28)44-41(43-39)29-19-22-30(23-20-29)45-33-16-8-15-32-31-14-7-13-25-17-18-26-21-24-34(45)38(37(32)33)36(26)35(25)31/h1-24H. The number of hydrogen-bond donors (Lipinski definition) is 0. The van der Waals surface area contributed by atoms with E-state index < -0.39 is 0 Å². The smallest absolute Gasteiger partial charge is 0.164 e. The van der Waals surface area contributed by atoms with E-state index in [2.05, 4.69) is 89.5 Å². The van der Waals surface area contributed by atoms with Crippen molar-refractivity contribution in [3.05, 3.63) is 146 Å². The summed E-state index contributed by atoms with van der Waals surface area (Å²) < 4.78 is 2.40. The van der Waals surface area contributed by atoms with Crippen LogP contribution in [0.4, 0.5) is 0 Å². The second-order valence-electron chi connectivity index (χ2n) is 11.6. The Balaban J connectivity index is 1.18. The molecular formula is C41H24N4. The van der Waals surface area contributed by atoms with Gasteiger partial charge in [-0.25, -0.2) is 15.0 Å². The van der Waals surface area contributed by atoms with Gasteiger partial charge in [0, 0.05) is 38.5 Å². The Labute approximate surface area is 258 Å². The molecule has 0 N–H and O–H groups in total. The number of nitrogens with zero attached hydrogens (tertiary/aromatic N) is 4. The Morgan fingerprint density at radius 1 is 0.333 bits per heavy atom. The van der Waals surface area contributed by atoms with Gasteiger partial charge in [0.2, 0.25) is 0 Å². The van der Waals surface area contributed by atoms with Crippen LogP contribution in [0, 0.1) is 0 Å². The molecule has 0 aliphatic heterocycles. The lowest BCUT2D eigenvalue weighted by Gasteiger charge is -2.13. The van der Waals surface area contributed by atoms with E-state index in [0.29, 0.717) is 17.5 Å². The maximum atomic E-state index is 4.94. The minimum Gasteiger partial charge on any atom is -0.309 e. The molecule has 10 aromatic rings. The van der Waals surface area contributed by atoms with Crippen molar-refractivity contribution in [1.29, 1.82) is 0 Å². The molecule has 2 aromatic heterocycles. The van der Waals surface area contributed by atoms with Crippen LogP contribution in [0.3, 0.4) is 0 Å². The van der Waals surface area contributed by atoms with Crippen molar-refractivity contribution >= 4 is 54.1 Å². The van der Waals surface area contributed by atoms with Crippen LogP contribution in [0.2, 0.25) is 0 Å². The number of benzene rings is 8. The summed E-state index contributed by atoms with van der Waals surface area (Å²) in [6.07, 6.45) is 0. The average molecular weight is 573 g/mol. The predicted octanol–water partition coefficient (Wildman–Crippen LogP) is 10.3.